The molecule has 0 saturated carbocycles. The van der Waals surface area contributed by atoms with Crippen LogP contribution in [0.1, 0.15) is 41.5 Å². The van der Waals surface area contributed by atoms with Crippen LogP contribution in [0.25, 0.3) is 0 Å². The van der Waals surface area contributed by atoms with Gasteiger partial charge in [-0.3, -0.25) is 0 Å². The summed E-state index contributed by atoms with van der Waals surface area (Å²) < 4.78 is 39.4. The minimum atomic E-state index is -3.62. The summed E-state index contributed by atoms with van der Waals surface area (Å²) in [6, 6.07) is 0. The number of hydrogen-bond acceptors (Lipinski definition) is 5. The van der Waals surface area contributed by atoms with Crippen molar-refractivity contribution in [3.63, 3.8) is 0 Å². The third-order valence-electron chi connectivity index (χ3n) is 3.75. The van der Waals surface area contributed by atoms with Gasteiger partial charge in [-0.2, -0.15) is 8.42 Å². The fraction of sp³-hybridized carbons (Fsp3) is 0.933. The molecule has 0 aliphatic heterocycles. The molecule has 0 atom stereocenters. The number of alkyl carbamates (subject to hydrolysis) is 1. The van der Waals surface area contributed by atoms with Crippen molar-refractivity contribution < 1.29 is 22.4 Å². The van der Waals surface area contributed by atoms with Crippen LogP contribution in [-0.2, 0) is 19.4 Å². The molecule has 1 amide bonds. The Hall–Kier alpha value is -0.683. The van der Waals surface area contributed by atoms with Crippen LogP contribution in [0.5, 0.6) is 0 Å². The van der Waals surface area contributed by atoms with E-state index in [0.717, 1.165) is 0 Å². The van der Waals surface area contributed by atoms with E-state index in [2.05, 4.69) is 48.6 Å². The van der Waals surface area contributed by atoms with Crippen molar-refractivity contribution in [3.8, 4) is 0 Å². The summed E-state index contributed by atoms with van der Waals surface area (Å²) in [4.78, 5) is 11.4. The average molecular weight is 398 g/mol. The molecule has 0 bridgehead atoms. The minimum absolute atomic E-state index is 0.0671. The second-order valence-electron chi connectivity index (χ2n) is 8.33. The second kappa shape index (κ2) is 9.31. The molecule has 0 unspecified atom stereocenters. The number of carbonyl (C=O) groups is 1. The predicted octanol–water partition coefficient (Wildman–Crippen LogP) is 1.96. The van der Waals surface area contributed by atoms with Crippen molar-refractivity contribution >= 4 is 24.6 Å². The number of nitrogens with one attached hydrogen (secondary N) is 3. The maximum atomic E-state index is 11.8. The van der Waals surface area contributed by atoms with Crippen molar-refractivity contribution in [2.45, 2.75) is 65.3 Å². The Labute approximate surface area is 153 Å². The quantitative estimate of drug-likeness (QED) is 0.407. The van der Waals surface area contributed by atoms with E-state index in [0.29, 0.717) is 6.61 Å². The van der Waals surface area contributed by atoms with E-state index in [1.54, 1.807) is 20.8 Å². The summed E-state index contributed by atoms with van der Waals surface area (Å²) >= 11 is 0. The van der Waals surface area contributed by atoms with E-state index in [4.69, 9.17) is 9.16 Å². The van der Waals surface area contributed by atoms with Gasteiger partial charge in [-0.25, -0.2) is 14.2 Å². The van der Waals surface area contributed by atoms with Crippen molar-refractivity contribution in [3.05, 3.63) is 0 Å². The van der Waals surface area contributed by atoms with Crippen LogP contribution >= 0.6 is 0 Å². The highest BCUT2D eigenvalue weighted by Crippen LogP contribution is 2.36. The van der Waals surface area contributed by atoms with Gasteiger partial charge in [0, 0.05) is 26.2 Å². The van der Waals surface area contributed by atoms with Crippen molar-refractivity contribution in [2.24, 2.45) is 0 Å². The molecule has 25 heavy (non-hydrogen) atoms. The zero-order chi connectivity index (χ0) is 19.9. The van der Waals surface area contributed by atoms with Gasteiger partial charge in [0.1, 0.15) is 5.60 Å². The summed E-state index contributed by atoms with van der Waals surface area (Å²) in [5.74, 6) is 0. The van der Waals surface area contributed by atoms with Crippen LogP contribution in [0.2, 0.25) is 18.1 Å². The molecule has 8 nitrogen and oxygen atoms in total. The highest BCUT2D eigenvalue weighted by Gasteiger charge is 2.36. The summed E-state index contributed by atoms with van der Waals surface area (Å²) in [7, 11) is -5.51. The summed E-state index contributed by atoms with van der Waals surface area (Å²) in [5.41, 5.74) is -0.588. The van der Waals surface area contributed by atoms with Gasteiger partial charge in [0.15, 0.2) is 8.32 Å². The molecule has 3 N–H and O–H groups in total. The minimum Gasteiger partial charge on any atom is -0.444 e. The molecule has 150 valence electrons. The van der Waals surface area contributed by atoms with E-state index < -0.39 is 30.2 Å². The zero-order valence-electron chi connectivity index (χ0n) is 16.8. The molecule has 10 heteroatoms. The molecular formula is C15H35N3O5SSi. The first-order valence-electron chi connectivity index (χ1n) is 8.41. The molecule has 0 aromatic carbocycles. The first kappa shape index (κ1) is 24.3. The van der Waals surface area contributed by atoms with E-state index in [1.807, 2.05) is 0 Å². The number of ether oxygens (including phenoxy) is 1. The van der Waals surface area contributed by atoms with Crippen LogP contribution in [0.15, 0.2) is 0 Å². The molecule has 0 heterocycles. The topological polar surface area (TPSA) is 106 Å². The lowest BCUT2D eigenvalue weighted by molar-refractivity contribution is 0.0529. The van der Waals surface area contributed by atoms with Crippen molar-refractivity contribution in [1.82, 2.24) is 14.8 Å². The Bertz CT molecular complexity index is 524. The Kier molecular flexibility index (Phi) is 9.06. The third kappa shape index (κ3) is 11.5. The highest BCUT2D eigenvalue weighted by atomic mass is 32.2. The highest BCUT2D eigenvalue weighted by molar-refractivity contribution is 7.87. The normalized spacial score (nSPS) is 13.6. The van der Waals surface area contributed by atoms with E-state index >= 15 is 0 Å². The Balaban J connectivity index is 4.02. The van der Waals surface area contributed by atoms with Crippen LogP contribution in [0.4, 0.5) is 4.79 Å². The number of carbonyl (C=O) groups excluding carboxylic acids is 1. The second-order valence-corrected chi connectivity index (χ2v) is 14.7. The van der Waals surface area contributed by atoms with Crippen molar-refractivity contribution in [1.29, 1.82) is 0 Å². The summed E-state index contributed by atoms with van der Waals surface area (Å²) in [6.07, 6.45) is -0.581. The first-order chi connectivity index (χ1) is 11.1. The first-order valence-corrected chi connectivity index (χ1v) is 12.8. The molecular weight excluding hydrogens is 362 g/mol. The fourth-order valence-electron chi connectivity index (χ4n) is 1.41. The molecule has 0 radical (unpaired) electrons. The molecule has 0 fully saturated rings. The van der Waals surface area contributed by atoms with Gasteiger partial charge in [0.05, 0.1) is 0 Å². The van der Waals surface area contributed by atoms with Gasteiger partial charge in [-0.1, -0.05) is 20.8 Å². The lowest BCUT2D eigenvalue weighted by atomic mass is 10.2. The number of amides is 1. The fourth-order valence-corrected chi connectivity index (χ4v) is 3.28. The van der Waals surface area contributed by atoms with Gasteiger partial charge < -0.3 is 14.5 Å². The number of hydrogen-bond donors (Lipinski definition) is 3. The summed E-state index contributed by atoms with van der Waals surface area (Å²) in [6.45, 7) is 16.6. The maximum Gasteiger partial charge on any atom is 0.407 e. The number of rotatable bonds is 9. The molecule has 0 aliphatic carbocycles. The van der Waals surface area contributed by atoms with E-state index in [1.165, 1.54) is 0 Å². The van der Waals surface area contributed by atoms with E-state index in [-0.39, 0.29) is 24.7 Å². The van der Waals surface area contributed by atoms with Crippen LogP contribution in [0, 0.1) is 0 Å². The lowest BCUT2D eigenvalue weighted by Gasteiger charge is -2.36. The van der Waals surface area contributed by atoms with Crippen molar-refractivity contribution in [2.75, 3.05) is 26.2 Å². The Morgan fingerprint density at radius 1 is 0.960 bits per heavy atom. The smallest absolute Gasteiger partial charge is 0.407 e. The zero-order valence-corrected chi connectivity index (χ0v) is 18.6. The Morgan fingerprint density at radius 2 is 1.48 bits per heavy atom. The standard InChI is InChI=1S/C15H35N3O5SSi/c1-14(2,3)23-13(19)16-9-10-17-24(20,21)18-11-12-22-25(7,8)15(4,5)6/h17-18H,9-12H2,1-8H3,(H,16,19). The largest absolute Gasteiger partial charge is 0.444 e. The lowest BCUT2D eigenvalue weighted by Crippen LogP contribution is -2.45. The molecule has 0 rings (SSSR count). The monoisotopic (exact) mass is 397 g/mol. The Morgan fingerprint density at radius 3 is 1.96 bits per heavy atom. The molecule has 0 aliphatic rings. The van der Waals surface area contributed by atoms with Crippen LogP contribution < -0.4 is 14.8 Å². The SMILES string of the molecule is CC(C)(C)OC(=O)NCCNS(=O)(=O)NCCO[Si](C)(C)C(C)(C)C. The molecule has 0 spiro atoms. The van der Waals surface area contributed by atoms with Gasteiger partial charge in [0.25, 0.3) is 10.2 Å². The van der Waals surface area contributed by atoms with Gasteiger partial charge in [0.2, 0.25) is 0 Å². The molecule has 0 aromatic heterocycles. The average Bonchev–Trinajstić information content (AvgIpc) is 2.36. The van der Waals surface area contributed by atoms with Gasteiger partial charge in [-0.05, 0) is 38.9 Å². The summed E-state index contributed by atoms with van der Waals surface area (Å²) in [5, 5.41) is 2.56. The molecule has 0 saturated heterocycles. The third-order valence-corrected chi connectivity index (χ3v) is 9.46. The van der Waals surface area contributed by atoms with Crippen LogP contribution in [0.3, 0.4) is 0 Å². The maximum absolute atomic E-state index is 11.8. The van der Waals surface area contributed by atoms with Crippen LogP contribution in [-0.4, -0.2) is 54.7 Å². The molecule has 0 aromatic rings. The predicted molar refractivity (Wildman–Crippen MR) is 102 cm³/mol. The van der Waals surface area contributed by atoms with Gasteiger partial charge in [-0.15, -0.1) is 0 Å². The van der Waals surface area contributed by atoms with Gasteiger partial charge >= 0.3 is 6.09 Å². The van der Waals surface area contributed by atoms with E-state index in [9.17, 15) is 13.2 Å².